The highest BCUT2D eigenvalue weighted by molar-refractivity contribution is 7.93. The van der Waals surface area contributed by atoms with Gasteiger partial charge < -0.3 is 10.8 Å². The molecular weight excluding hydrogens is 248 g/mol. The van der Waals surface area contributed by atoms with E-state index in [1.54, 1.807) is 0 Å². The third kappa shape index (κ3) is 3.38. The van der Waals surface area contributed by atoms with Gasteiger partial charge in [0.25, 0.3) is 0 Å². The third-order valence-electron chi connectivity index (χ3n) is 2.91. The van der Waals surface area contributed by atoms with Crippen LogP contribution in [0.1, 0.15) is 32.6 Å². The van der Waals surface area contributed by atoms with Crippen molar-refractivity contribution in [2.45, 2.75) is 50.0 Å². The van der Waals surface area contributed by atoms with Crippen molar-refractivity contribution in [1.29, 1.82) is 0 Å². The van der Waals surface area contributed by atoms with Crippen LogP contribution in [0.25, 0.3) is 0 Å². The van der Waals surface area contributed by atoms with Gasteiger partial charge in [-0.3, -0.25) is 0 Å². The average Bonchev–Trinajstić information content (AvgIpc) is 2.20. The Morgan fingerprint density at radius 2 is 2.06 bits per heavy atom. The number of hydrogen-bond acceptors (Lipinski definition) is 4. The number of nitrogens with one attached hydrogen (secondary N) is 1. The highest BCUT2D eigenvalue weighted by Crippen LogP contribution is 2.19. The lowest BCUT2D eigenvalue weighted by Crippen LogP contribution is -2.49. The minimum Gasteiger partial charge on any atom is -0.392 e. The highest BCUT2D eigenvalue weighted by atomic mass is 32.2. The van der Waals surface area contributed by atoms with Gasteiger partial charge in [0, 0.05) is 6.04 Å². The zero-order valence-electron chi connectivity index (χ0n) is 9.22. The molecular formula is C9H18N2O3S2. The Balaban J connectivity index is 2.68. The van der Waals surface area contributed by atoms with Crippen molar-refractivity contribution in [3.63, 3.8) is 0 Å². The molecule has 1 rings (SSSR count). The fourth-order valence-corrected chi connectivity index (χ4v) is 3.30. The Kier molecular flexibility index (Phi) is 4.66. The van der Waals surface area contributed by atoms with E-state index in [1.807, 2.05) is 0 Å². The van der Waals surface area contributed by atoms with E-state index in [1.165, 1.54) is 6.92 Å². The lowest BCUT2D eigenvalue weighted by molar-refractivity contribution is 0.101. The summed E-state index contributed by atoms with van der Waals surface area (Å²) in [5.74, 6) is 0. The normalized spacial score (nSPS) is 28.6. The van der Waals surface area contributed by atoms with E-state index in [-0.39, 0.29) is 4.99 Å². The van der Waals surface area contributed by atoms with Gasteiger partial charge in [0.2, 0.25) is 10.0 Å². The standard InChI is InChI=1S/C9H18N2O3S2/c1-6(9(10)15)16(13,14)11-7-4-2-3-5-8(7)12/h6-8,11-12H,2-5H2,1H3,(H2,10,15). The van der Waals surface area contributed by atoms with Gasteiger partial charge in [0.05, 0.1) is 11.1 Å². The Hall–Kier alpha value is -0.240. The van der Waals surface area contributed by atoms with E-state index >= 15 is 0 Å². The largest absolute Gasteiger partial charge is 0.392 e. The van der Waals surface area contributed by atoms with Crippen LogP contribution in [0.15, 0.2) is 0 Å². The van der Waals surface area contributed by atoms with Gasteiger partial charge in [-0.2, -0.15) is 0 Å². The van der Waals surface area contributed by atoms with Gasteiger partial charge >= 0.3 is 0 Å². The molecule has 1 aliphatic rings. The number of hydrogen-bond donors (Lipinski definition) is 3. The van der Waals surface area contributed by atoms with Crippen LogP contribution >= 0.6 is 12.2 Å². The fraction of sp³-hybridized carbons (Fsp3) is 0.889. The summed E-state index contributed by atoms with van der Waals surface area (Å²) in [7, 11) is -3.57. The molecule has 1 aliphatic carbocycles. The quantitative estimate of drug-likeness (QED) is 0.617. The second-order valence-electron chi connectivity index (χ2n) is 4.17. The Morgan fingerprint density at radius 1 is 1.50 bits per heavy atom. The molecule has 0 aromatic rings. The van der Waals surface area contributed by atoms with Gasteiger partial charge in [-0.25, -0.2) is 13.1 Å². The van der Waals surface area contributed by atoms with Crippen LogP contribution in [-0.4, -0.2) is 35.9 Å². The third-order valence-corrected chi connectivity index (χ3v) is 5.23. The number of aliphatic hydroxyl groups is 1. The molecule has 7 heteroatoms. The van der Waals surface area contributed by atoms with Crippen LogP contribution in [-0.2, 0) is 10.0 Å². The Labute approximate surface area is 101 Å². The summed E-state index contributed by atoms with van der Waals surface area (Å²) in [6.45, 7) is 1.44. The maximum absolute atomic E-state index is 11.8. The second-order valence-corrected chi connectivity index (χ2v) is 6.67. The summed E-state index contributed by atoms with van der Waals surface area (Å²) in [4.78, 5) is -0.0576. The number of thiocarbonyl (C=S) groups is 1. The summed E-state index contributed by atoms with van der Waals surface area (Å²) < 4.78 is 26.1. The first-order valence-electron chi connectivity index (χ1n) is 5.33. The molecule has 94 valence electrons. The van der Waals surface area contributed by atoms with Crippen molar-refractivity contribution in [2.24, 2.45) is 5.73 Å². The zero-order valence-corrected chi connectivity index (χ0v) is 10.9. The monoisotopic (exact) mass is 266 g/mol. The first-order valence-corrected chi connectivity index (χ1v) is 7.28. The molecule has 0 aliphatic heterocycles. The molecule has 0 bridgehead atoms. The fourth-order valence-electron chi connectivity index (χ4n) is 1.71. The topological polar surface area (TPSA) is 92.4 Å². The van der Waals surface area contributed by atoms with Gasteiger partial charge in [0.1, 0.15) is 5.25 Å². The molecule has 0 radical (unpaired) electrons. The predicted octanol–water partition coefficient (Wildman–Crippen LogP) is -0.116. The summed E-state index contributed by atoms with van der Waals surface area (Å²) in [5.41, 5.74) is 5.31. The molecule has 0 saturated heterocycles. The van der Waals surface area contributed by atoms with Crippen molar-refractivity contribution in [3.8, 4) is 0 Å². The summed E-state index contributed by atoms with van der Waals surface area (Å²) in [5, 5.41) is 8.76. The number of rotatable bonds is 4. The van der Waals surface area contributed by atoms with E-state index in [0.29, 0.717) is 12.8 Å². The Bertz CT molecular complexity index is 356. The van der Waals surface area contributed by atoms with Gasteiger partial charge in [-0.05, 0) is 19.8 Å². The lowest BCUT2D eigenvalue weighted by Gasteiger charge is -2.29. The number of aliphatic hydroxyl groups excluding tert-OH is 1. The van der Waals surface area contributed by atoms with Crippen molar-refractivity contribution >= 4 is 27.2 Å². The number of sulfonamides is 1. The molecule has 3 atom stereocenters. The minimum absolute atomic E-state index is 0.0576. The molecule has 0 amide bonds. The van der Waals surface area contributed by atoms with E-state index in [9.17, 15) is 13.5 Å². The van der Waals surface area contributed by atoms with Crippen LogP contribution < -0.4 is 10.5 Å². The van der Waals surface area contributed by atoms with Crippen molar-refractivity contribution in [1.82, 2.24) is 4.72 Å². The van der Waals surface area contributed by atoms with Crippen molar-refractivity contribution < 1.29 is 13.5 Å². The highest BCUT2D eigenvalue weighted by Gasteiger charge is 2.31. The maximum atomic E-state index is 11.8. The van der Waals surface area contributed by atoms with Crippen molar-refractivity contribution in [2.75, 3.05) is 0 Å². The second kappa shape index (κ2) is 5.39. The van der Waals surface area contributed by atoms with Crippen LogP contribution in [0.2, 0.25) is 0 Å². The SMILES string of the molecule is CC(C(N)=S)S(=O)(=O)NC1CCCCC1O. The average molecular weight is 266 g/mol. The lowest BCUT2D eigenvalue weighted by atomic mass is 9.93. The summed E-state index contributed by atoms with van der Waals surface area (Å²) >= 11 is 4.66. The zero-order chi connectivity index (χ0) is 12.3. The molecule has 1 saturated carbocycles. The van der Waals surface area contributed by atoms with E-state index in [0.717, 1.165) is 12.8 Å². The first kappa shape index (κ1) is 13.8. The maximum Gasteiger partial charge on any atom is 0.221 e. The minimum atomic E-state index is -3.57. The molecule has 0 aromatic carbocycles. The van der Waals surface area contributed by atoms with Crippen LogP contribution in [0.5, 0.6) is 0 Å². The summed E-state index contributed by atoms with van der Waals surface area (Å²) in [6.07, 6.45) is 2.54. The van der Waals surface area contributed by atoms with Crippen LogP contribution in [0.3, 0.4) is 0 Å². The molecule has 5 nitrogen and oxygen atoms in total. The van der Waals surface area contributed by atoms with Gasteiger partial charge in [0.15, 0.2) is 0 Å². The van der Waals surface area contributed by atoms with E-state index in [2.05, 4.69) is 16.9 Å². The molecule has 1 fully saturated rings. The Morgan fingerprint density at radius 3 is 2.56 bits per heavy atom. The van der Waals surface area contributed by atoms with Gasteiger partial charge in [-0.1, -0.05) is 25.1 Å². The van der Waals surface area contributed by atoms with Crippen molar-refractivity contribution in [3.05, 3.63) is 0 Å². The van der Waals surface area contributed by atoms with Crippen LogP contribution in [0, 0.1) is 0 Å². The molecule has 16 heavy (non-hydrogen) atoms. The first-order chi connectivity index (χ1) is 7.34. The predicted molar refractivity (Wildman–Crippen MR) is 66.6 cm³/mol. The molecule has 0 heterocycles. The van der Waals surface area contributed by atoms with Crippen LogP contribution in [0.4, 0.5) is 0 Å². The molecule has 3 unspecified atom stereocenters. The van der Waals surface area contributed by atoms with E-state index in [4.69, 9.17) is 5.73 Å². The molecule has 0 aromatic heterocycles. The molecule has 4 N–H and O–H groups in total. The summed E-state index contributed by atoms with van der Waals surface area (Å²) in [6, 6.07) is -0.407. The smallest absolute Gasteiger partial charge is 0.221 e. The van der Waals surface area contributed by atoms with Gasteiger partial charge in [-0.15, -0.1) is 0 Å². The van der Waals surface area contributed by atoms with E-state index < -0.39 is 27.4 Å². The number of nitrogens with two attached hydrogens (primary N) is 1. The molecule has 0 spiro atoms.